The van der Waals surface area contributed by atoms with Crippen molar-refractivity contribution in [2.75, 3.05) is 25.1 Å². The van der Waals surface area contributed by atoms with E-state index < -0.39 is 28.0 Å². The summed E-state index contributed by atoms with van der Waals surface area (Å²) in [5.41, 5.74) is 5.86. The minimum Gasteiger partial charge on any atom is -0.484 e. The highest BCUT2D eigenvalue weighted by Crippen LogP contribution is 2.26. The summed E-state index contributed by atoms with van der Waals surface area (Å²) in [6, 6.07) is 3.64. The Morgan fingerprint density at radius 1 is 1.47 bits per heavy atom. The standard InChI is InChI=1S/C11H15FN2O4S/c1-19(16,17)14-5-9(15)11(6-14)18-10-4-7(12)2-3-8(10)13/h2-4,9,11,15H,5-6,13H2,1H3/t9-,11-/m0/s1. The summed E-state index contributed by atoms with van der Waals surface area (Å²) >= 11 is 0. The van der Waals surface area contributed by atoms with E-state index in [1.807, 2.05) is 0 Å². The lowest BCUT2D eigenvalue weighted by Gasteiger charge is -2.17. The van der Waals surface area contributed by atoms with Gasteiger partial charge >= 0.3 is 0 Å². The smallest absolute Gasteiger partial charge is 0.211 e. The predicted molar refractivity (Wildman–Crippen MR) is 67.7 cm³/mol. The zero-order chi connectivity index (χ0) is 14.2. The third kappa shape index (κ3) is 3.14. The van der Waals surface area contributed by atoms with Gasteiger partial charge in [0, 0.05) is 12.6 Å². The first-order valence-electron chi connectivity index (χ1n) is 5.62. The van der Waals surface area contributed by atoms with Gasteiger partial charge in [-0.2, -0.15) is 4.31 Å². The highest BCUT2D eigenvalue weighted by molar-refractivity contribution is 7.88. The molecule has 0 aliphatic carbocycles. The van der Waals surface area contributed by atoms with Gasteiger partial charge in [-0.1, -0.05) is 0 Å². The van der Waals surface area contributed by atoms with Crippen LogP contribution in [-0.2, 0) is 10.0 Å². The van der Waals surface area contributed by atoms with Crippen molar-refractivity contribution in [1.29, 1.82) is 0 Å². The van der Waals surface area contributed by atoms with Gasteiger partial charge in [0.2, 0.25) is 10.0 Å². The first-order chi connectivity index (χ1) is 8.77. The van der Waals surface area contributed by atoms with Gasteiger partial charge in [-0.3, -0.25) is 0 Å². The quantitative estimate of drug-likeness (QED) is 0.752. The molecular weight excluding hydrogens is 275 g/mol. The van der Waals surface area contributed by atoms with Crippen LogP contribution in [0.4, 0.5) is 10.1 Å². The summed E-state index contributed by atoms with van der Waals surface area (Å²) < 4.78 is 42.3. The summed E-state index contributed by atoms with van der Waals surface area (Å²) in [4.78, 5) is 0. The van der Waals surface area contributed by atoms with Crippen molar-refractivity contribution >= 4 is 15.7 Å². The maximum absolute atomic E-state index is 13.1. The largest absolute Gasteiger partial charge is 0.484 e. The monoisotopic (exact) mass is 290 g/mol. The molecule has 1 saturated heterocycles. The molecule has 0 bridgehead atoms. The van der Waals surface area contributed by atoms with Crippen LogP contribution in [0.2, 0.25) is 0 Å². The minimum absolute atomic E-state index is 0.00987. The van der Waals surface area contributed by atoms with Gasteiger partial charge in [0.1, 0.15) is 23.8 Å². The lowest BCUT2D eigenvalue weighted by atomic mass is 10.2. The van der Waals surface area contributed by atoms with E-state index in [4.69, 9.17) is 10.5 Å². The molecule has 6 nitrogen and oxygen atoms in total. The number of β-amino-alcohol motifs (C(OH)–C–C–N with tert-alkyl or cyclic N) is 1. The number of nitrogens with zero attached hydrogens (tertiary/aromatic N) is 1. The number of nitrogen functional groups attached to an aromatic ring is 1. The molecule has 0 spiro atoms. The Hall–Kier alpha value is -1.38. The highest BCUT2D eigenvalue weighted by atomic mass is 32.2. The molecule has 2 atom stereocenters. The molecule has 1 aromatic carbocycles. The molecule has 0 amide bonds. The second-order valence-corrected chi connectivity index (χ2v) is 6.47. The topological polar surface area (TPSA) is 92.9 Å². The van der Waals surface area contributed by atoms with Crippen molar-refractivity contribution in [3.63, 3.8) is 0 Å². The third-order valence-electron chi connectivity index (χ3n) is 2.93. The average Bonchev–Trinajstić information content (AvgIpc) is 2.65. The van der Waals surface area contributed by atoms with Gasteiger partial charge in [0.05, 0.1) is 18.5 Å². The number of nitrogens with two attached hydrogens (primary N) is 1. The van der Waals surface area contributed by atoms with Gasteiger partial charge in [-0.05, 0) is 12.1 Å². The van der Waals surface area contributed by atoms with Gasteiger partial charge in [0.15, 0.2) is 0 Å². The van der Waals surface area contributed by atoms with Crippen LogP contribution < -0.4 is 10.5 Å². The molecule has 19 heavy (non-hydrogen) atoms. The van der Waals surface area contributed by atoms with Crippen molar-refractivity contribution in [2.45, 2.75) is 12.2 Å². The van der Waals surface area contributed by atoms with Crippen molar-refractivity contribution in [2.24, 2.45) is 0 Å². The normalized spacial score (nSPS) is 24.6. The molecule has 0 aromatic heterocycles. The molecular formula is C11H15FN2O4S. The second kappa shape index (κ2) is 4.95. The Labute approximate surface area is 110 Å². The van der Waals surface area contributed by atoms with Crippen LogP contribution in [0.25, 0.3) is 0 Å². The Balaban J connectivity index is 2.14. The highest BCUT2D eigenvalue weighted by Gasteiger charge is 2.37. The number of hydrogen-bond acceptors (Lipinski definition) is 5. The zero-order valence-electron chi connectivity index (χ0n) is 10.3. The van der Waals surface area contributed by atoms with Gasteiger partial charge in [0.25, 0.3) is 0 Å². The third-order valence-corrected chi connectivity index (χ3v) is 4.16. The summed E-state index contributed by atoms with van der Waals surface area (Å²) in [5, 5.41) is 9.78. The van der Waals surface area contributed by atoms with E-state index in [-0.39, 0.29) is 24.5 Å². The Morgan fingerprint density at radius 2 is 2.16 bits per heavy atom. The lowest BCUT2D eigenvalue weighted by Crippen LogP contribution is -2.31. The van der Waals surface area contributed by atoms with Crippen LogP contribution in [0.3, 0.4) is 0 Å². The lowest BCUT2D eigenvalue weighted by molar-refractivity contribution is 0.0740. The Bertz CT molecular complexity index is 578. The number of ether oxygens (including phenoxy) is 1. The molecule has 8 heteroatoms. The molecule has 1 fully saturated rings. The van der Waals surface area contributed by atoms with Crippen LogP contribution in [0, 0.1) is 5.82 Å². The fourth-order valence-electron chi connectivity index (χ4n) is 1.88. The van der Waals surface area contributed by atoms with E-state index in [0.717, 1.165) is 16.6 Å². The summed E-state index contributed by atoms with van der Waals surface area (Å²) in [6.07, 6.45) is -0.685. The van der Waals surface area contributed by atoms with E-state index >= 15 is 0 Å². The second-order valence-electron chi connectivity index (χ2n) is 4.49. The number of aliphatic hydroxyl groups is 1. The number of anilines is 1. The van der Waals surface area contributed by atoms with E-state index in [1.165, 1.54) is 12.1 Å². The Morgan fingerprint density at radius 3 is 2.74 bits per heavy atom. The van der Waals surface area contributed by atoms with Crippen LogP contribution in [0.1, 0.15) is 0 Å². The molecule has 0 radical (unpaired) electrons. The summed E-state index contributed by atoms with van der Waals surface area (Å²) in [5.74, 6) is -0.420. The first kappa shape index (κ1) is 14.0. The molecule has 3 N–H and O–H groups in total. The maximum Gasteiger partial charge on any atom is 0.211 e. The van der Waals surface area contributed by atoms with E-state index in [2.05, 4.69) is 0 Å². The summed E-state index contributed by atoms with van der Waals surface area (Å²) in [7, 11) is -3.39. The van der Waals surface area contributed by atoms with Gasteiger partial charge < -0.3 is 15.6 Å². The van der Waals surface area contributed by atoms with Gasteiger partial charge in [-0.25, -0.2) is 12.8 Å². The number of aliphatic hydroxyl groups excluding tert-OH is 1. The van der Waals surface area contributed by atoms with E-state index in [9.17, 15) is 17.9 Å². The number of rotatable bonds is 3. The van der Waals surface area contributed by atoms with Crippen LogP contribution in [0.15, 0.2) is 18.2 Å². The van der Waals surface area contributed by atoms with Crippen molar-refractivity contribution in [3.05, 3.63) is 24.0 Å². The maximum atomic E-state index is 13.1. The van der Waals surface area contributed by atoms with E-state index in [1.54, 1.807) is 0 Å². The minimum atomic E-state index is -3.39. The molecule has 2 rings (SSSR count). The fourth-order valence-corrected chi connectivity index (χ4v) is 2.72. The van der Waals surface area contributed by atoms with Crippen LogP contribution in [0.5, 0.6) is 5.75 Å². The predicted octanol–water partition coefficient (Wildman–Crippen LogP) is -0.209. The van der Waals surface area contributed by atoms with Gasteiger partial charge in [-0.15, -0.1) is 0 Å². The van der Waals surface area contributed by atoms with Crippen LogP contribution in [-0.4, -0.2) is 49.4 Å². The summed E-state index contributed by atoms with van der Waals surface area (Å²) in [6.45, 7) is -0.0331. The van der Waals surface area contributed by atoms with E-state index in [0.29, 0.717) is 0 Å². The molecule has 1 aromatic rings. The Kier molecular flexibility index (Phi) is 3.66. The van der Waals surface area contributed by atoms with Crippen molar-refractivity contribution in [1.82, 2.24) is 4.31 Å². The molecule has 0 saturated carbocycles. The molecule has 0 unspecified atom stereocenters. The molecule has 106 valence electrons. The number of halogens is 1. The fraction of sp³-hybridized carbons (Fsp3) is 0.455. The molecule has 1 aliphatic heterocycles. The van der Waals surface area contributed by atoms with Crippen molar-refractivity contribution < 1.29 is 22.7 Å². The molecule has 1 aliphatic rings. The SMILES string of the molecule is CS(=O)(=O)N1C[C@H](Oc2cc(F)ccc2N)[C@@H](O)C1. The molecule has 1 heterocycles. The number of benzene rings is 1. The van der Waals surface area contributed by atoms with Crippen LogP contribution >= 0.6 is 0 Å². The first-order valence-corrected chi connectivity index (χ1v) is 7.47. The average molecular weight is 290 g/mol. The van der Waals surface area contributed by atoms with Crippen molar-refractivity contribution in [3.8, 4) is 5.75 Å². The number of hydrogen-bond donors (Lipinski definition) is 2. The zero-order valence-corrected chi connectivity index (χ0v) is 11.1. The number of sulfonamides is 1.